The van der Waals surface area contributed by atoms with Crippen LogP contribution in [0.1, 0.15) is 12.5 Å². The number of fused-ring (bicyclic) bond motifs is 1. The molecule has 0 amide bonds. The molecule has 0 saturated carbocycles. The monoisotopic (exact) mass is 259 g/mol. The van der Waals surface area contributed by atoms with E-state index in [4.69, 9.17) is 9.84 Å². The lowest BCUT2D eigenvalue weighted by Gasteiger charge is -2.13. The number of hydrogen-bond acceptors (Lipinski definition) is 3. The molecular weight excluding hydrogens is 238 g/mol. The van der Waals surface area contributed by atoms with E-state index < -0.39 is 0 Å². The molecule has 0 aromatic heterocycles. The summed E-state index contributed by atoms with van der Waals surface area (Å²) in [6, 6.07) is 12.4. The van der Waals surface area contributed by atoms with Crippen LogP contribution in [0.25, 0.3) is 10.8 Å². The first-order valence-electron chi connectivity index (χ1n) is 6.62. The van der Waals surface area contributed by atoms with Crippen molar-refractivity contribution in [2.75, 3.05) is 20.3 Å². The van der Waals surface area contributed by atoms with E-state index in [-0.39, 0.29) is 12.5 Å². The van der Waals surface area contributed by atoms with Gasteiger partial charge in [-0.05, 0) is 22.9 Å². The van der Waals surface area contributed by atoms with Crippen molar-refractivity contribution in [2.45, 2.75) is 13.5 Å². The van der Waals surface area contributed by atoms with E-state index in [1.165, 1.54) is 10.9 Å². The number of aliphatic hydroxyl groups is 1. The van der Waals surface area contributed by atoms with Crippen LogP contribution in [-0.2, 0) is 6.54 Å². The molecule has 1 atom stereocenters. The van der Waals surface area contributed by atoms with Gasteiger partial charge in [-0.25, -0.2) is 0 Å². The van der Waals surface area contributed by atoms with Crippen LogP contribution in [0.2, 0.25) is 0 Å². The summed E-state index contributed by atoms with van der Waals surface area (Å²) < 4.78 is 5.39. The largest absolute Gasteiger partial charge is 0.496 e. The number of methoxy groups -OCH3 is 1. The van der Waals surface area contributed by atoms with Crippen molar-refractivity contribution in [1.82, 2.24) is 5.32 Å². The number of hydrogen-bond donors (Lipinski definition) is 2. The Morgan fingerprint density at radius 3 is 2.58 bits per heavy atom. The lowest BCUT2D eigenvalue weighted by Crippen LogP contribution is -2.22. The van der Waals surface area contributed by atoms with Crippen LogP contribution in [-0.4, -0.2) is 25.4 Å². The highest BCUT2D eigenvalue weighted by molar-refractivity contribution is 5.91. The predicted molar refractivity (Wildman–Crippen MR) is 78.5 cm³/mol. The van der Waals surface area contributed by atoms with Gasteiger partial charge in [-0.1, -0.05) is 37.3 Å². The molecule has 102 valence electrons. The molecule has 0 bridgehead atoms. The van der Waals surface area contributed by atoms with Gasteiger partial charge >= 0.3 is 0 Å². The average molecular weight is 259 g/mol. The van der Waals surface area contributed by atoms with Crippen molar-refractivity contribution in [3.05, 3.63) is 42.0 Å². The Labute approximate surface area is 114 Å². The fraction of sp³-hybridized carbons (Fsp3) is 0.375. The molecule has 0 aliphatic carbocycles. The predicted octanol–water partition coefficient (Wildman–Crippen LogP) is 2.57. The Bertz CT molecular complexity index is 539. The van der Waals surface area contributed by atoms with E-state index in [9.17, 15) is 0 Å². The highest BCUT2D eigenvalue weighted by atomic mass is 16.5. The van der Waals surface area contributed by atoms with Crippen molar-refractivity contribution < 1.29 is 9.84 Å². The van der Waals surface area contributed by atoms with Gasteiger partial charge in [0.05, 0.1) is 7.11 Å². The van der Waals surface area contributed by atoms with Crippen molar-refractivity contribution in [3.8, 4) is 5.75 Å². The van der Waals surface area contributed by atoms with Gasteiger partial charge in [0.2, 0.25) is 0 Å². The summed E-state index contributed by atoms with van der Waals surface area (Å²) in [5.41, 5.74) is 1.25. The van der Waals surface area contributed by atoms with Crippen LogP contribution in [0, 0.1) is 5.92 Å². The van der Waals surface area contributed by atoms with E-state index >= 15 is 0 Å². The fourth-order valence-corrected chi connectivity index (χ4v) is 2.18. The van der Waals surface area contributed by atoms with Gasteiger partial charge in [0.25, 0.3) is 0 Å². The lowest BCUT2D eigenvalue weighted by atomic mass is 10.0. The molecule has 0 radical (unpaired) electrons. The maximum Gasteiger partial charge on any atom is 0.126 e. The van der Waals surface area contributed by atoms with Crippen molar-refractivity contribution in [3.63, 3.8) is 0 Å². The molecule has 1 unspecified atom stereocenters. The molecule has 2 rings (SSSR count). The first kappa shape index (κ1) is 13.8. The smallest absolute Gasteiger partial charge is 0.126 e. The van der Waals surface area contributed by atoms with Gasteiger partial charge in [0.15, 0.2) is 0 Å². The maximum absolute atomic E-state index is 9.02. The summed E-state index contributed by atoms with van der Waals surface area (Å²) in [4.78, 5) is 0. The van der Waals surface area contributed by atoms with Crippen molar-refractivity contribution in [2.24, 2.45) is 5.92 Å². The van der Waals surface area contributed by atoms with Gasteiger partial charge in [-0.3, -0.25) is 0 Å². The van der Waals surface area contributed by atoms with Crippen LogP contribution >= 0.6 is 0 Å². The van der Waals surface area contributed by atoms with Gasteiger partial charge in [-0.15, -0.1) is 0 Å². The lowest BCUT2D eigenvalue weighted by molar-refractivity contribution is 0.233. The summed E-state index contributed by atoms with van der Waals surface area (Å²) in [5.74, 6) is 1.19. The standard InChI is InChI=1S/C16H21NO2/c1-12(11-18)9-17-10-13-7-8-16(19-2)15-6-4-3-5-14(13)15/h3-8,12,17-18H,9-11H2,1-2H3. The maximum atomic E-state index is 9.02. The number of benzene rings is 2. The summed E-state index contributed by atoms with van der Waals surface area (Å²) in [7, 11) is 1.70. The molecule has 3 heteroatoms. The Balaban J connectivity index is 2.20. The SMILES string of the molecule is COc1ccc(CNCC(C)CO)c2ccccc12. The van der Waals surface area contributed by atoms with Crippen LogP contribution in [0.15, 0.2) is 36.4 Å². The molecular formula is C16H21NO2. The van der Waals surface area contributed by atoms with Gasteiger partial charge in [-0.2, -0.15) is 0 Å². The number of aliphatic hydroxyl groups excluding tert-OH is 1. The van der Waals surface area contributed by atoms with E-state index in [0.717, 1.165) is 24.2 Å². The zero-order valence-electron chi connectivity index (χ0n) is 11.5. The highest BCUT2D eigenvalue weighted by Gasteiger charge is 2.06. The van der Waals surface area contributed by atoms with Gasteiger partial charge in [0, 0.05) is 25.1 Å². The second-order valence-corrected chi connectivity index (χ2v) is 4.89. The topological polar surface area (TPSA) is 41.5 Å². The Hall–Kier alpha value is -1.58. The van der Waals surface area contributed by atoms with Gasteiger partial charge in [0.1, 0.15) is 5.75 Å². The summed E-state index contributed by atoms with van der Waals surface area (Å²) in [6.45, 7) is 3.86. The summed E-state index contributed by atoms with van der Waals surface area (Å²) in [6.07, 6.45) is 0. The molecule has 2 aromatic rings. The molecule has 19 heavy (non-hydrogen) atoms. The third kappa shape index (κ3) is 3.25. The van der Waals surface area contributed by atoms with Crippen LogP contribution < -0.4 is 10.1 Å². The van der Waals surface area contributed by atoms with E-state index in [0.29, 0.717) is 0 Å². The van der Waals surface area contributed by atoms with E-state index in [2.05, 4.69) is 23.5 Å². The Morgan fingerprint density at radius 2 is 1.89 bits per heavy atom. The third-order valence-electron chi connectivity index (χ3n) is 3.31. The minimum absolute atomic E-state index is 0.219. The molecule has 0 heterocycles. The van der Waals surface area contributed by atoms with Crippen molar-refractivity contribution >= 4 is 10.8 Å². The second kappa shape index (κ2) is 6.55. The Morgan fingerprint density at radius 1 is 1.16 bits per heavy atom. The molecule has 2 aromatic carbocycles. The molecule has 0 spiro atoms. The highest BCUT2D eigenvalue weighted by Crippen LogP contribution is 2.28. The Kier molecular flexibility index (Phi) is 4.77. The van der Waals surface area contributed by atoms with Crippen LogP contribution in [0.4, 0.5) is 0 Å². The molecule has 0 aliphatic rings. The van der Waals surface area contributed by atoms with Crippen LogP contribution in [0.5, 0.6) is 5.75 Å². The first-order chi connectivity index (χ1) is 9.26. The minimum atomic E-state index is 0.219. The molecule has 0 fully saturated rings. The number of rotatable bonds is 6. The minimum Gasteiger partial charge on any atom is -0.496 e. The number of ether oxygens (including phenoxy) is 1. The molecule has 0 saturated heterocycles. The molecule has 0 aliphatic heterocycles. The molecule has 2 N–H and O–H groups in total. The normalized spacial score (nSPS) is 12.6. The van der Waals surface area contributed by atoms with Crippen molar-refractivity contribution in [1.29, 1.82) is 0 Å². The van der Waals surface area contributed by atoms with Crippen LogP contribution in [0.3, 0.4) is 0 Å². The second-order valence-electron chi connectivity index (χ2n) is 4.89. The zero-order valence-corrected chi connectivity index (χ0v) is 11.5. The van der Waals surface area contributed by atoms with E-state index in [1.54, 1.807) is 7.11 Å². The van der Waals surface area contributed by atoms with Gasteiger partial charge < -0.3 is 15.2 Å². The molecule has 3 nitrogen and oxygen atoms in total. The fourth-order valence-electron chi connectivity index (χ4n) is 2.18. The average Bonchev–Trinajstić information content (AvgIpc) is 2.47. The quantitative estimate of drug-likeness (QED) is 0.837. The third-order valence-corrected chi connectivity index (χ3v) is 3.31. The van der Waals surface area contributed by atoms with E-state index in [1.807, 2.05) is 25.1 Å². The number of nitrogens with one attached hydrogen (secondary N) is 1. The summed E-state index contributed by atoms with van der Waals surface area (Å²) in [5, 5.41) is 14.7. The first-order valence-corrected chi connectivity index (χ1v) is 6.62. The summed E-state index contributed by atoms with van der Waals surface area (Å²) >= 11 is 0. The zero-order chi connectivity index (χ0) is 13.7.